The maximum Gasteiger partial charge on any atom is 0.586 e. The number of aliphatic imine (C=N–C) groups is 1. The Kier molecular flexibility index (Phi) is 7.17. The van der Waals surface area contributed by atoms with Crippen molar-refractivity contribution in [2.75, 3.05) is 11.4 Å². The fourth-order valence-corrected chi connectivity index (χ4v) is 6.12. The molecule has 2 aromatic carbocycles. The van der Waals surface area contributed by atoms with Gasteiger partial charge in [-0.05, 0) is 95.9 Å². The van der Waals surface area contributed by atoms with Crippen molar-refractivity contribution in [1.82, 2.24) is 0 Å². The second-order valence-electron chi connectivity index (χ2n) is 13.0. The minimum atomic E-state index is -3.77. The number of anilines is 1. The van der Waals surface area contributed by atoms with E-state index in [0.29, 0.717) is 41.7 Å². The predicted molar refractivity (Wildman–Crippen MR) is 157 cm³/mol. The summed E-state index contributed by atoms with van der Waals surface area (Å²) in [4.78, 5) is 19.4. The molecule has 2 N–H and O–H groups in total. The van der Waals surface area contributed by atoms with Crippen LogP contribution in [0.15, 0.2) is 29.3 Å². The van der Waals surface area contributed by atoms with Gasteiger partial charge < -0.3 is 29.4 Å². The second kappa shape index (κ2) is 10.4. The first-order valence-electron chi connectivity index (χ1n) is 14.8. The molecule has 0 radical (unpaired) electrons. The molecule has 13 heteroatoms. The minimum absolute atomic E-state index is 0.0350. The molecule has 0 aromatic heterocycles. The molecule has 9 nitrogen and oxygen atoms in total. The first kappa shape index (κ1) is 30.3. The van der Waals surface area contributed by atoms with Gasteiger partial charge in [0.1, 0.15) is 23.3 Å². The Morgan fingerprint density at radius 3 is 2.41 bits per heavy atom. The van der Waals surface area contributed by atoms with Gasteiger partial charge in [-0.25, -0.2) is 4.39 Å². The average Bonchev–Trinajstić information content (AvgIpc) is 3.67. The van der Waals surface area contributed by atoms with E-state index in [9.17, 15) is 18.8 Å². The van der Waals surface area contributed by atoms with Crippen molar-refractivity contribution >= 4 is 30.0 Å². The summed E-state index contributed by atoms with van der Waals surface area (Å²) < 4.78 is 64.4. The van der Waals surface area contributed by atoms with Crippen LogP contribution in [0.25, 0.3) is 0 Å². The van der Waals surface area contributed by atoms with Gasteiger partial charge in [-0.2, -0.15) is 10.3 Å². The predicted octanol–water partition coefficient (Wildman–Crippen LogP) is 4.73. The van der Waals surface area contributed by atoms with Crippen LogP contribution in [0.4, 0.5) is 18.9 Å². The maximum absolute atomic E-state index is 15.3. The van der Waals surface area contributed by atoms with Crippen LogP contribution >= 0.6 is 0 Å². The van der Waals surface area contributed by atoms with Gasteiger partial charge in [0.25, 0.3) is 5.91 Å². The molecule has 44 heavy (non-hydrogen) atoms. The molecule has 4 aliphatic rings. The number of amides is 1. The normalized spacial score (nSPS) is 25.2. The minimum Gasteiger partial charge on any atom is -0.399 e. The fourth-order valence-electron chi connectivity index (χ4n) is 6.12. The molecule has 1 amide bonds. The van der Waals surface area contributed by atoms with Gasteiger partial charge in [0.2, 0.25) is 0 Å². The van der Waals surface area contributed by atoms with Crippen LogP contribution in [0.5, 0.6) is 11.5 Å². The van der Waals surface area contributed by atoms with Gasteiger partial charge in [0.15, 0.2) is 11.5 Å². The standard InChI is InChI=1S/C31H34BF3N4O5/c1-16-12-18(28(40)38-27(37)20-8-9-24-26(25(20)17-6-7-17)42-31(34,35)41-24)10-11-39(16)23-14-19(13-22(33)21(23)15-36)32-43-29(2,3)30(4,5)44-32/h8-9,13-14,16-18H,6-7,10-12H2,1-5H3,(H2,37,38,40). The summed E-state index contributed by atoms with van der Waals surface area (Å²) in [6.07, 6.45) is -1.45. The van der Waals surface area contributed by atoms with E-state index in [1.165, 1.54) is 18.2 Å². The first-order chi connectivity index (χ1) is 20.6. The van der Waals surface area contributed by atoms with Crippen molar-refractivity contribution in [3.05, 3.63) is 46.8 Å². The summed E-state index contributed by atoms with van der Waals surface area (Å²) in [5.74, 6) is -1.83. The van der Waals surface area contributed by atoms with E-state index in [1.54, 1.807) is 6.07 Å². The smallest absolute Gasteiger partial charge is 0.399 e. The number of nitrogens with zero attached hydrogens (tertiary/aromatic N) is 3. The van der Waals surface area contributed by atoms with Crippen LogP contribution in [-0.2, 0) is 14.1 Å². The molecule has 2 saturated heterocycles. The molecule has 3 aliphatic heterocycles. The van der Waals surface area contributed by atoms with Gasteiger partial charge in [-0.3, -0.25) is 4.79 Å². The molecule has 0 spiro atoms. The number of piperidine rings is 1. The first-order valence-corrected chi connectivity index (χ1v) is 14.8. The van der Waals surface area contributed by atoms with Crippen molar-refractivity contribution in [2.24, 2.45) is 16.6 Å². The lowest BCUT2D eigenvalue weighted by Gasteiger charge is -2.39. The highest BCUT2D eigenvalue weighted by Gasteiger charge is 2.52. The number of halogens is 3. The van der Waals surface area contributed by atoms with Gasteiger partial charge in [-0.15, -0.1) is 8.78 Å². The lowest BCUT2D eigenvalue weighted by Crippen LogP contribution is -2.44. The third-order valence-electron chi connectivity index (χ3n) is 9.37. The topological polar surface area (TPSA) is 119 Å². The molecule has 1 saturated carbocycles. The number of ether oxygens (including phenoxy) is 2. The summed E-state index contributed by atoms with van der Waals surface area (Å²) in [6, 6.07) is 7.60. The molecule has 6 rings (SSSR count). The van der Waals surface area contributed by atoms with E-state index in [0.717, 1.165) is 12.8 Å². The number of nitriles is 1. The molecule has 2 unspecified atom stereocenters. The maximum atomic E-state index is 15.3. The molecule has 2 atom stereocenters. The lowest BCUT2D eigenvalue weighted by molar-refractivity contribution is -0.286. The Labute approximate surface area is 254 Å². The zero-order chi connectivity index (χ0) is 31.8. The monoisotopic (exact) mass is 610 g/mol. The van der Waals surface area contributed by atoms with E-state index < -0.39 is 42.3 Å². The summed E-state index contributed by atoms with van der Waals surface area (Å²) in [7, 11) is -0.810. The van der Waals surface area contributed by atoms with Gasteiger partial charge >= 0.3 is 13.4 Å². The molecular weight excluding hydrogens is 576 g/mol. The molecule has 1 aliphatic carbocycles. The molecule has 3 fully saturated rings. The zero-order valence-corrected chi connectivity index (χ0v) is 25.2. The Morgan fingerprint density at radius 2 is 1.80 bits per heavy atom. The highest BCUT2D eigenvalue weighted by Crippen LogP contribution is 2.53. The van der Waals surface area contributed by atoms with Crippen LogP contribution in [0, 0.1) is 23.1 Å². The van der Waals surface area contributed by atoms with Gasteiger partial charge in [0.05, 0.1) is 16.9 Å². The Hall–Kier alpha value is -3.76. The summed E-state index contributed by atoms with van der Waals surface area (Å²) in [5, 5.41) is 9.82. The van der Waals surface area contributed by atoms with Crippen LogP contribution in [0.2, 0.25) is 0 Å². The number of fused-ring (bicyclic) bond motifs is 1. The van der Waals surface area contributed by atoms with Crippen molar-refractivity contribution in [3.63, 3.8) is 0 Å². The van der Waals surface area contributed by atoms with E-state index in [-0.39, 0.29) is 34.9 Å². The van der Waals surface area contributed by atoms with Gasteiger partial charge in [0, 0.05) is 29.6 Å². The molecular formula is C31H34BF3N4O5. The Balaban J connectivity index is 1.21. The lowest BCUT2D eigenvalue weighted by atomic mass is 9.78. The number of hydrogen-bond acceptors (Lipinski definition) is 7. The number of nitrogens with two attached hydrogens (primary N) is 1. The number of benzene rings is 2. The Bertz CT molecular complexity index is 1590. The molecule has 2 aromatic rings. The van der Waals surface area contributed by atoms with Gasteiger partial charge in [-0.1, -0.05) is 0 Å². The molecule has 3 heterocycles. The van der Waals surface area contributed by atoms with E-state index in [1.807, 2.05) is 45.6 Å². The second-order valence-corrected chi connectivity index (χ2v) is 13.0. The van der Waals surface area contributed by atoms with E-state index >= 15 is 4.39 Å². The number of hydrogen-bond donors (Lipinski definition) is 1. The number of carbonyl (C=O) groups excluding carboxylic acids is 1. The van der Waals surface area contributed by atoms with Crippen molar-refractivity contribution in [2.45, 2.75) is 89.8 Å². The van der Waals surface area contributed by atoms with E-state index in [2.05, 4.69) is 9.73 Å². The van der Waals surface area contributed by atoms with Crippen LogP contribution in [0.3, 0.4) is 0 Å². The number of rotatable bonds is 5. The number of amidine groups is 1. The van der Waals surface area contributed by atoms with Crippen LogP contribution < -0.4 is 25.6 Å². The Morgan fingerprint density at radius 1 is 1.11 bits per heavy atom. The highest BCUT2D eigenvalue weighted by molar-refractivity contribution is 6.62. The molecule has 0 bridgehead atoms. The quantitative estimate of drug-likeness (QED) is 0.293. The summed E-state index contributed by atoms with van der Waals surface area (Å²) >= 11 is 0. The SMILES string of the molecule is CC1CC(C(=O)N=C(N)c2ccc3c(c2C2CC2)OC(F)(F)O3)CCN1c1cc(B2OC(C)(C)C(C)(C)O2)cc(F)c1C#N. The van der Waals surface area contributed by atoms with Crippen LogP contribution in [0.1, 0.15) is 82.9 Å². The van der Waals surface area contributed by atoms with Crippen LogP contribution in [-0.4, -0.2) is 48.9 Å². The third-order valence-corrected chi connectivity index (χ3v) is 9.37. The highest BCUT2D eigenvalue weighted by atomic mass is 19.3. The zero-order valence-electron chi connectivity index (χ0n) is 25.2. The summed E-state index contributed by atoms with van der Waals surface area (Å²) in [5.41, 5.74) is 6.67. The van der Waals surface area contributed by atoms with Crippen molar-refractivity contribution < 1.29 is 36.7 Å². The third kappa shape index (κ3) is 5.28. The largest absolute Gasteiger partial charge is 0.586 e. The summed E-state index contributed by atoms with van der Waals surface area (Å²) in [6.45, 7) is 9.89. The number of carbonyl (C=O) groups is 1. The van der Waals surface area contributed by atoms with Crippen molar-refractivity contribution in [1.29, 1.82) is 5.26 Å². The average molecular weight is 610 g/mol. The molecule has 232 valence electrons. The number of alkyl halides is 2. The fraction of sp³-hybridized carbons (Fsp3) is 0.516. The van der Waals surface area contributed by atoms with E-state index in [4.69, 9.17) is 19.8 Å². The van der Waals surface area contributed by atoms with Crippen molar-refractivity contribution in [3.8, 4) is 17.6 Å².